The van der Waals surface area contributed by atoms with Gasteiger partial charge in [0.05, 0.1) is 5.02 Å². The maximum absolute atomic E-state index is 13.4. The Kier molecular flexibility index (Phi) is 5.44. The minimum atomic E-state index is -0.923. The van der Waals surface area contributed by atoms with Crippen LogP contribution in [0.5, 0.6) is 0 Å². The van der Waals surface area contributed by atoms with Crippen LogP contribution in [-0.2, 0) is 0 Å². The number of halogens is 3. The minimum Gasteiger partial charge on any atom is -0.368 e. The summed E-state index contributed by atoms with van der Waals surface area (Å²) in [6, 6.07) is 8.13. The third kappa shape index (κ3) is 4.14. The predicted octanol–water partition coefficient (Wildman–Crippen LogP) is 2.73. The quantitative estimate of drug-likeness (QED) is 0.823. The first-order valence-electron chi connectivity index (χ1n) is 6.55. The number of pyridine rings is 1. The number of anilines is 1. The first-order valence-corrected chi connectivity index (χ1v) is 6.93. The summed E-state index contributed by atoms with van der Waals surface area (Å²) < 4.78 is 26.9. The van der Waals surface area contributed by atoms with E-state index in [4.69, 9.17) is 16.9 Å². The summed E-state index contributed by atoms with van der Waals surface area (Å²) in [5, 5.41) is 14.3. The lowest BCUT2D eigenvalue weighted by Gasteiger charge is -2.09. The number of hydrogen-bond donors (Lipinski definition) is 2. The molecule has 0 radical (unpaired) electrons. The van der Waals surface area contributed by atoms with Gasteiger partial charge in [0.2, 0.25) is 0 Å². The van der Waals surface area contributed by atoms with Gasteiger partial charge in [0.15, 0.2) is 5.69 Å². The minimum absolute atomic E-state index is 0.0779. The number of aromatic nitrogens is 1. The molecule has 2 rings (SSSR count). The van der Waals surface area contributed by atoms with Gasteiger partial charge in [-0.05, 0) is 24.3 Å². The average Bonchev–Trinajstić information content (AvgIpc) is 2.52. The molecule has 0 aliphatic carbocycles. The zero-order valence-electron chi connectivity index (χ0n) is 11.7. The van der Waals surface area contributed by atoms with Crippen molar-refractivity contribution in [2.45, 2.75) is 0 Å². The molecule has 23 heavy (non-hydrogen) atoms. The molecular weight excluding hydrogens is 326 g/mol. The fourth-order valence-electron chi connectivity index (χ4n) is 1.79. The molecular formula is C15H11ClF2N4O. The van der Waals surface area contributed by atoms with Crippen molar-refractivity contribution < 1.29 is 13.6 Å². The van der Waals surface area contributed by atoms with Gasteiger partial charge in [-0.3, -0.25) is 4.79 Å². The largest absolute Gasteiger partial charge is 0.368 e. The third-order valence-corrected chi connectivity index (χ3v) is 3.16. The molecule has 5 nitrogen and oxygen atoms in total. The van der Waals surface area contributed by atoms with Gasteiger partial charge in [-0.15, -0.1) is 0 Å². The van der Waals surface area contributed by atoms with Crippen molar-refractivity contribution in [2.24, 2.45) is 0 Å². The van der Waals surface area contributed by atoms with E-state index in [1.165, 1.54) is 12.1 Å². The van der Waals surface area contributed by atoms with Crippen LogP contribution in [0.3, 0.4) is 0 Å². The van der Waals surface area contributed by atoms with Crippen molar-refractivity contribution in [3.63, 3.8) is 0 Å². The van der Waals surface area contributed by atoms with Crippen molar-refractivity contribution in [1.29, 1.82) is 5.26 Å². The Bertz CT molecular complexity index is 756. The Morgan fingerprint density at radius 2 is 1.91 bits per heavy atom. The van der Waals surface area contributed by atoms with Crippen LogP contribution >= 0.6 is 11.6 Å². The summed E-state index contributed by atoms with van der Waals surface area (Å²) in [5.41, 5.74) is -0.544. The van der Waals surface area contributed by atoms with E-state index < -0.39 is 23.1 Å². The van der Waals surface area contributed by atoms with E-state index in [0.29, 0.717) is 5.82 Å². The van der Waals surface area contributed by atoms with Crippen molar-refractivity contribution >= 4 is 23.3 Å². The average molecular weight is 337 g/mol. The topological polar surface area (TPSA) is 77.8 Å². The Labute approximate surface area is 135 Å². The van der Waals surface area contributed by atoms with E-state index in [2.05, 4.69) is 15.6 Å². The lowest BCUT2D eigenvalue weighted by atomic mass is 10.2. The molecule has 118 valence electrons. The number of benzene rings is 1. The number of nitriles is 1. The highest BCUT2D eigenvalue weighted by molar-refractivity contribution is 6.31. The van der Waals surface area contributed by atoms with Crippen LogP contribution in [0, 0.1) is 23.0 Å². The second-order valence-electron chi connectivity index (χ2n) is 4.42. The lowest BCUT2D eigenvalue weighted by Crippen LogP contribution is -2.30. The highest BCUT2D eigenvalue weighted by Gasteiger charge is 2.16. The maximum atomic E-state index is 13.4. The van der Waals surface area contributed by atoms with E-state index in [9.17, 15) is 13.6 Å². The molecule has 2 aromatic rings. The van der Waals surface area contributed by atoms with Gasteiger partial charge in [-0.2, -0.15) is 5.26 Å². The summed E-state index contributed by atoms with van der Waals surface area (Å²) in [6.07, 6.45) is 0. The molecule has 0 fully saturated rings. The first-order chi connectivity index (χ1) is 11.0. The molecule has 0 spiro atoms. The fourth-order valence-corrected chi connectivity index (χ4v) is 1.94. The highest BCUT2D eigenvalue weighted by atomic mass is 35.5. The monoisotopic (exact) mass is 336 g/mol. The Balaban J connectivity index is 1.88. The standard InChI is InChI=1S/C15H11ClF2N4O/c16-9-4-5-13(22-12(9)8-19)20-6-7-21-15(23)14-10(17)2-1-3-11(14)18/h1-5H,6-7H2,(H,20,22)(H,21,23). The third-order valence-electron chi connectivity index (χ3n) is 2.86. The van der Waals surface area contributed by atoms with Crippen LogP contribution in [0.2, 0.25) is 5.02 Å². The Morgan fingerprint density at radius 1 is 1.22 bits per heavy atom. The number of nitrogens with one attached hydrogen (secondary N) is 2. The molecule has 0 aliphatic heterocycles. The van der Waals surface area contributed by atoms with Crippen LogP contribution in [0.1, 0.15) is 16.1 Å². The van der Waals surface area contributed by atoms with Crippen LogP contribution in [0.25, 0.3) is 0 Å². The lowest BCUT2D eigenvalue weighted by molar-refractivity contribution is 0.0946. The maximum Gasteiger partial charge on any atom is 0.257 e. The Hall–Kier alpha value is -2.72. The normalized spacial score (nSPS) is 10.0. The number of carbonyl (C=O) groups is 1. The number of rotatable bonds is 5. The number of hydrogen-bond acceptors (Lipinski definition) is 4. The van der Waals surface area contributed by atoms with E-state index in [1.54, 1.807) is 6.07 Å². The summed E-state index contributed by atoms with van der Waals surface area (Å²) in [4.78, 5) is 15.7. The van der Waals surface area contributed by atoms with Crippen molar-refractivity contribution in [3.8, 4) is 6.07 Å². The van der Waals surface area contributed by atoms with Crippen LogP contribution in [0.15, 0.2) is 30.3 Å². The zero-order chi connectivity index (χ0) is 16.8. The van der Waals surface area contributed by atoms with Crippen molar-refractivity contribution in [1.82, 2.24) is 10.3 Å². The van der Waals surface area contributed by atoms with Gasteiger partial charge in [-0.1, -0.05) is 17.7 Å². The molecule has 1 aromatic heterocycles. The molecule has 1 heterocycles. The van der Waals surface area contributed by atoms with Gasteiger partial charge < -0.3 is 10.6 Å². The van der Waals surface area contributed by atoms with Gasteiger partial charge in [0, 0.05) is 13.1 Å². The molecule has 0 aliphatic rings. The van der Waals surface area contributed by atoms with Gasteiger partial charge in [0.25, 0.3) is 5.91 Å². The number of carbonyl (C=O) groups excluding carboxylic acids is 1. The number of amides is 1. The summed E-state index contributed by atoms with van der Waals surface area (Å²) in [5.74, 6) is -2.29. The molecule has 0 saturated heterocycles. The Morgan fingerprint density at radius 3 is 2.57 bits per heavy atom. The molecule has 0 unspecified atom stereocenters. The first kappa shape index (κ1) is 16.6. The second kappa shape index (κ2) is 7.51. The molecule has 2 N–H and O–H groups in total. The molecule has 1 amide bonds. The van der Waals surface area contributed by atoms with Crippen molar-refractivity contribution in [3.05, 3.63) is 58.2 Å². The van der Waals surface area contributed by atoms with Gasteiger partial charge >= 0.3 is 0 Å². The zero-order valence-corrected chi connectivity index (χ0v) is 12.5. The fraction of sp³-hybridized carbons (Fsp3) is 0.133. The summed E-state index contributed by atoms with van der Waals surface area (Å²) in [6.45, 7) is 0.361. The molecule has 8 heteroatoms. The second-order valence-corrected chi connectivity index (χ2v) is 4.83. The van der Waals surface area contributed by atoms with Crippen molar-refractivity contribution in [2.75, 3.05) is 18.4 Å². The molecule has 0 atom stereocenters. The SMILES string of the molecule is N#Cc1nc(NCCNC(=O)c2c(F)cccc2F)ccc1Cl. The van der Waals surface area contributed by atoms with E-state index >= 15 is 0 Å². The summed E-state index contributed by atoms with van der Waals surface area (Å²) >= 11 is 5.76. The molecule has 1 aromatic carbocycles. The molecule has 0 saturated carbocycles. The van der Waals surface area contributed by atoms with E-state index in [-0.39, 0.29) is 23.8 Å². The van der Waals surface area contributed by atoms with Gasteiger partial charge in [-0.25, -0.2) is 13.8 Å². The van der Waals surface area contributed by atoms with Gasteiger partial charge in [0.1, 0.15) is 29.1 Å². The number of nitrogens with zero attached hydrogens (tertiary/aromatic N) is 2. The summed E-state index contributed by atoms with van der Waals surface area (Å²) in [7, 11) is 0. The van der Waals surface area contributed by atoms with Crippen LogP contribution in [-0.4, -0.2) is 24.0 Å². The van der Waals surface area contributed by atoms with E-state index in [1.807, 2.05) is 6.07 Å². The highest BCUT2D eigenvalue weighted by Crippen LogP contribution is 2.15. The molecule has 0 bridgehead atoms. The predicted molar refractivity (Wildman–Crippen MR) is 81.1 cm³/mol. The van der Waals surface area contributed by atoms with E-state index in [0.717, 1.165) is 12.1 Å². The van der Waals surface area contributed by atoms with Crippen LogP contribution < -0.4 is 10.6 Å². The van der Waals surface area contributed by atoms with Crippen LogP contribution in [0.4, 0.5) is 14.6 Å². The smallest absolute Gasteiger partial charge is 0.257 e.